The molecule has 21 aromatic carbocycles. The van der Waals surface area contributed by atoms with E-state index in [-0.39, 0.29) is 17.2 Å². The zero-order chi connectivity index (χ0) is 99.5. The first-order valence-corrected chi connectivity index (χ1v) is 49.8. The van der Waals surface area contributed by atoms with Gasteiger partial charge in [-0.15, -0.1) is 30.6 Å². The first-order chi connectivity index (χ1) is 74.1. The lowest BCUT2D eigenvalue weighted by atomic mass is 9.95. The van der Waals surface area contributed by atoms with Crippen molar-refractivity contribution in [2.45, 2.75) is 0 Å². The van der Waals surface area contributed by atoms with Crippen LogP contribution in [0.15, 0.2) is 506 Å². The Bertz CT molecular complexity index is 9850. The molecule has 0 amide bonds. The molecule has 0 bridgehead atoms. The van der Waals surface area contributed by atoms with Crippen molar-refractivity contribution in [1.29, 1.82) is 0 Å². The van der Waals surface area contributed by atoms with Gasteiger partial charge in [-0.3, -0.25) is 4.57 Å². The third-order valence-corrected chi connectivity index (χ3v) is 28.7. The fraction of sp³-hybridized carbons (Fsp3) is 0. The largest absolute Gasteiger partial charge is 0.508 e. The standard InChI is InChI=1S/C50H32N4O2.C44H29N5O.C38H24N4O2/c55-40-17-11-14-34(31-40)49-51-52-50(56-49)37-27-35(32-12-9-15-38(29-32)53-45-22-5-1-18-41(45)42-19-2-6-23-46(42)53)26-36(28-37)33-13-10-16-39(30-33)54-47-24-7-3-20-43(47)44-21-4-8-25-48(44)54;50-34-16-12-13-29(27-34)43-45-46-44(49(43)31-14-2-1-3-15-31)30-25-32(47-39-21-8-4-17-35(39)36-18-5-9-22-40(36)47)28-33(26-30)48-41-23-10-6-19-37(41)38-20-7-11-24-42(38)48;43-28-11-9-10-24(22-28)37-39-40-38(44-37)25-20-26(41-33-16-5-1-12-29(33)30-13-2-6-17-34(30)41)23-27(21-25)42-35-18-7-3-14-31(35)32-15-4-8-19-36(32)42/h1-31,55H;1-28,50H;1-23,43H. The Balaban J connectivity index is 0.000000109. The molecule has 0 unspecified atom stereocenters. The van der Waals surface area contributed by atoms with Gasteiger partial charge < -0.3 is 51.6 Å². The Morgan fingerprint density at radius 2 is 0.340 bits per heavy atom. The normalized spacial score (nSPS) is 11.7. The van der Waals surface area contributed by atoms with Gasteiger partial charge >= 0.3 is 0 Å². The van der Waals surface area contributed by atoms with Crippen LogP contribution in [0.5, 0.6) is 17.2 Å². The zero-order valence-electron chi connectivity index (χ0n) is 80.3. The molecular formula is C132H85N13O5. The summed E-state index contributed by atoms with van der Waals surface area (Å²) in [6.45, 7) is 0. The van der Waals surface area contributed by atoms with Crippen LogP contribution in [0.1, 0.15) is 0 Å². The van der Waals surface area contributed by atoms with Crippen molar-refractivity contribution in [2.75, 3.05) is 0 Å². The summed E-state index contributed by atoms with van der Waals surface area (Å²) in [6, 6.07) is 171. The summed E-state index contributed by atoms with van der Waals surface area (Å²) in [5, 5.41) is 72.4. The van der Waals surface area contributed by atoms with Gasteiger partial charge in [0.25, 0.3) is 0 Å². The molecule has 3 N–H and O–H groups in total. The van der Waals surface area contributed by atoms with E-state index in [1.54, 1.807) is 48.5 Å². The summed E-state index contributed by atoms with van der Waals surface area (Å²) in [7, 11) is 0. The molecule has 9 aromatic heterocycles. The second-order valence-corrected chi connectivity index (χ2v) is 37.6. The van der Waals surface area contributed by atoms with E-state index in [9.17, 15) is 15.3 Å². The Hall–Kier alpha value is -20.8. The van der Waals surface area contributed by atoms with Gasteiger partial charge in [0.05, 0.1) is 66.2 Å². The Kier molecular flexibility index (Phi) is 20.9. The average Bonchev–Trinajstić information content (AvgIpc) is 1.59. The fourth-order valence-corrected chi connectivity index (χ4v) is 22.2. The van der Waals surface area contributed by atoms with E-state index in [1.165, 1.54) is 64.6 Å². The summed E-state index contributed by atoms with van der Waals surface area (Å²) in [6.07, 6.45) is 0. The molecule has 18 heteroatoms. The molecule has 0 aliphatic heterocycles. The quantitative estimate of drug-likeness (QED) is 0.0882. The van der Waals surface area contributed by atoms with Crippen LogP contribution in [0.3, 0.4) is 0 Å². The van der Waals surface area contributed by atoms with Crippen LogP contribution in [0.2, 0.25) is 0 Å². The number of para-hydroxylation sites is 13. The van der Waals surface area contributed by atoms with Crippen molar-refractivity contribution in [3.05, 3.63) is 497 Å². The van der Waals surface area contributed by atoms with E-state index >= 15 is 0 Å². The minimum absolute atomic E-state index is 0.137. The Morgan fingerprint density at radius 1 is 0.133 bits per heavy atom. The number of phenols is 3. The van der Waals surface area contributed by atoms with E-state index in [0.29, 0.717) is 46.3 Å². The number of benzene rings is 21. The van der Waals surface area contributed by atoms with Gasteiger partial charge in [0.1, 0.15) is 17.2 Å². The first-order valence-electron chi connectivity index (χ1n) is 49.8. The van der Waals surface area contributed by atoms with Crippen molar-refractivity contribution in [2.24, 2.45) is 0 Å². The van der Waals surface area contributed by atoms with Gasteiger partial charge in [-0.25, -0.2) is 0 Å². The third kappa shape index (κ3) is 15.0. The van der Waals surface area contributed by atoms with Crippen molar-refractivity contribution in [3.63, 3.8) is 0 Å². The van der Waals surface area contributed by atoms with Gasteiger partial charge in [-0.2, -0.15) is 0 Å². The van der Waals surface area contributed by atoms with Gasteiger partial charge in [-0.1, -0.05) is 285 Å². The molecule has 0 fully saturated rings. The Labute approximate surface area is 857 Å². The highest BCUT2D eigenvalue weighted by atomic mass is 16.4. The highest BCUT2D eigenvalue weighted by molar-refractivity contribution is 6.15. The van der Waals surface area contributed by atoms with Crippen molar-refractivity contribution in [3.8, 4) is 148 Å². The predicted octanol–water partition coefficient (Wildman–Crippen LogP) is 32.4. The van der Waals surface area contributed by atoms with Crippen LogP contribution in [0.25, 0.3) is 261 Å². The van der Waals surface area contributed by atoms with Gasteiger partial charge in [0.15, 0.2) is 11.6 Å². The highest BCUT2D eigenvalue weighted by Crippen LogP contribution is 2.46. The van der Waals surface area contributed by atoms with E-state index < -0.39 is 0 Å². The number of aromatic nitrogens is 13. The maximum Gasteiger partial charge on any atom is 0.248 e. The van der Waals surface area contributed by atoms with Gasteiger partial charge in [-0.05, 0) is 235 Å². The van der Waals surface area contributed by atoms with Gasteiger partial charge in [0, 0.05) is 138 Å². The smallest absolute Gasteiger partial charge is 0.248 e. The average molecular weight is 1930 g/mol. The molecule has 30 aromatic rings. The second-order valence-electron chi connectivity index (χ2n) is 37.6. The first kappa shape index (κ1) is 87.1. The third-order valence-electron chi connectivity index (χ3n) is 28.7. The maximum absolute atomic E-state index is 10.4. The SMILES string of the molecule is Oc1cccc(-c2nnc(-c3cc(-c4cccc(-n5c6ccccc6c6ccccc65)c4)cc(-c4cccc(-n5c6ccccc6c6ccccc65)c4)c3)o2)c1.Oc1cccc(-c2nnc(-c3cc(-n4c5ccccc5c5ccccc54)cc(-n4c5ccccc5c5ccccc54)c3)n2-c2ccccc2)c1.Oc1cccc(-c2nnc(-c3cc(-n4c5ccccc5c5ccccc54)cc(-n4c5ccccc5c5ccccc54)c3)o2)c1. The molecule has 0 spiro atoms. The molecule has 0 radical (unpaired) electrons. The number of nitrogens with zero attached hydrogens (tertiary/aromatic N) is 13. The fourth-order valence-electron chi connectivity index (χ4n) is 22.2. The molecule has 9 heterocycles. The lowest BCUT2D eigenvalue weighted by Crippen LogP contribution is -2.03. The molecular weight excluding hydrogens is 1850 g/mol. The lowest BCUT2D eigenvalue weighted by Gasteiger charge is -2.16. The van der Waals surface area contributed by atoms with Crippen LogP contribution in [0, 0.1) is 0 Å². The van der Waals surface area contributed by atoms with Crippen LogP contribution in [-0.2, 0) is 0 Å². The zero-order valence-corrected chi connectivity index (χ0v) is 80.3. The number of aromatic hydroxyl groups is 3. The predicted molar refractivity (Wildman–Crippen MR) is 604 cm³/mol. The summed E-state index contributed by atoms with van der Waals surface area (Å²) in [5.41, 5.74) is 29.4. The van der Waals surface area contributed by atoms with E-state index in [0.717, 1.165) is 151 Å². The van der Waals surface area contributed by atoms with Crippen LogP contribution in [0.4, 0.5) is 0 Å². The minimum atomic E-state index is 0.137. The lowest BCUT2D eigenvalue weighted by molar-refractivity contribution is 0.474. The van der Waals surface area contributed by atoms with Gasteiger partial charge in [0.2, 0.25) is 23.6 Å². The maximum atomic E-state index is 10.4. The number of hydrogen-bond donors (Lipinski definition) is 3. The summed E-state index contributed by atoms with van der Waals surface area (Å²) in [5.74, 6) is 3.26. The summed E-state index contributed by atoms with van der Waals surface area (Å²) < 4.78 is 28.6. The van der Waals surface area contributed by atoms with E-state index in [1.807, 2.05) is 42.5 Å². The van der Waals surface area contributed by atoms with Crippen LogP contribution in [-0.4, -0.2) is 77.9 Å². The van der Waals surface area contributed by atoms with Crippen molar-refractivity contribution >= 4 is 131 Å². The molecule has 0 saturated heterocycles. The monoisotopic (exact) mass is 1930 g/mol. The van der Waals surface area contributed by atoms with Crippen LogP contribution >= 0.6 is 0 Å². The molecule has 0 aliphatic rings. The number of rotatable bonds is 15. The second kappa shape index (κ2) is 36.0. The van der Waals surface area contributed by atoms with Crippen molar-refractivity contribution in [1.82, 2.24) is 62.6 Å². The molecule has 708 valence electrons. The number of phenolic OH excluding ortho intramolecular Hbond substituents is 3. The number of hydrogen-bond acceptors (Lipinski definition) is 11. The number of fused-ring (bicyclic) bond motifs is 18. The molecule has 0 aliphatic carbocycles. The van der Waals surface area contributed by atoms with E-state index in [2.05, 4.69) is 459 Å². The molecule has 0 saturated carbocycles. The van der Waals surface area contributed by atoms with Crippen LogP contribution < -0.4 is 0 Å². The topological polar surface area (TPSA) is 199 Å². The molecule has 150 heavy (non-hydrogen) atoms. The summed E-state index contributed by atoms with van der Waals surface area (Å²) >= 11 is 0. The highest BCUT2D eigenvalue weighted by Gasteiger charge is 2.27. The van der Waals surface area contributed by atoms with E-state index in [4.69, 9.17) is 19.0 Å². The molecule has 18 nitrogen and oxygen atoms in total. The summed E-state index contributed by atoms with van der Waals surface area (Å²) in [4.78, 5) is 0. The Morgan fingerprint density at radius 3 is 0.633 bits per heavy atom. The molecule has 30 rings (SSSR count). The molecule has 0 atom stereocenters. The minimum Gasteiger partial charge on any atom is -0.508 e. The van der Waals surface area contributed by atoms with Crippen molar-refractivity contribution < 1.29 is 24.2 Å².